The van der Waals surface area contributed by atoms with Gasteiger partial charge in [-0.05, 0) is 53.2 Å². The van der Waals surface area contributed by atoms with Crippen molar-refractivity contribution in [2.24, 2.45) is 0 Å². The maximum absolute atomic E-state index is 4.03. The van der Waals surface area contributed by atoms with Crippen molar-refractivity contribution in [3.8, 4) is 11.1 Å². The zero-order chi connectivity index (χ0) is 18.2. The number of allylic oxidation sites excluding steroid dienone is 6. The van der Waals surface area contributed by atoms with E-state index in [1.807, 2.05) is 6.08 Å². The molecule has 0 aromatic heterocycles. The van der Waals surface area contributed by atoms with E-state index in [0.717, 1.165) is 25.8 Å². The number of hydrogen-bond donors (Lipinski definition) is 1. The molecule has 1 heteroatoms. The van der Waals surface area contributed by atoms with Crippen molar-refractivity contribution in [2.75, 3.05) is 11.9 Å². The summed E-state index contributed by atoms with van der Waals surface area (Å²) in [7, 11) is 0. The molecule has 2 aromatic carbocycles. The Morgan fingerprint density at radius 1 is 0.962 bits per heavy atom. The Labute approximate surface area is 157 Å². The van der Waals surface area contributed by atoms with E-state index in [9.17, 15) is 0 Å². The van der Waals surface area contributed by atoms with Crippen LogP contribution in [0.4, 0.5) is 5.69 Å². The number of benzene rings is 2. The van der Waals surface area contributed by atoms with Gasteiger partial charge < -0.3 is 5.32 Å². The molecule has 26 heavy (non-hydrogen) atoms. The second-order valence-electron chi connectivity index (χ2n) is 6.42. The van der Waals surface area contributed by atoms with Crippen molar-refractivity contribution in [1.29, 1.82) is 0 Å². The topological polar surface area (TPSA) is 12.0 Å². The summed E-state index contributed by atoms with van der Waals surface area (Å²) >= 11 is 0. The van der Waals surface area contributed by atoms with Crippen LogP contribution in [0.3, 0.4) is 0 Å². The zero-order valence-corrected chi connectivity index (χ0v) is 15.5. The molecule has 1 nitrogen and oxygen atoms in total. The van der Waals surface area contributed by atoms with E-state index in [1.54, 1.807) is 0 Å². The summed E-state index contributed by atoms with van der Waals surface area (Å²) < 4.78 is 0. The normalized spacial score (nSPS) is 16.0. The maximum atomic E-state index is 4.03. The number of hydrogen-bond acceptors (Lipinski definition) is 1. The molecule has 2 bridgehead atoms. The first kappa shape index (κ1) is 18.0. The Morgan fingerprint density at radius 2 is 1.73 bits per heavy atom. The quantitative estimate of drug-likeness (QED) is 0.589. The lowest BCUT2D eigenvalue weighted by Gasteiger charge is -2.20. The fourth-order valence-electron chi connectivity index (χ4n) is 3.41. The third-order valence-electron chi connectivity index (χ3n) is 4.69. The molecule has 0 fully saturated rings. The van der Waals surface area contributed by atoms with Gasteiger partial charge in [0.25, 0.3) is 0 Å². The number of nitrogens with one attached hydrogen (secondary N) is 1. The molecule has 0 atom stereocenters. The lowest BCUT2D eigenvalue weighted by Crippen LogP contribution is -2.06. The Kier molecular flexibility index (Phi) is 6.27. The molecule has 0 saturated carbocycles. The lowest BCUT2D eigenvalue weighted by molar-refractivity contribution is 1.06. The van der Waals surface area contributed by atoms with Crippen LogP contribution >= 0.6 is 0 Å². The summed E-state index contributed by atoms with van der Waals surface area (Å²) in [6.45, 7) is 7.11. The molecule has 0 amide bonds. The van der Waals surface area contributed by atoms with Gasteiger partial charge in [0.05, 0.1) is 0 Å². The molecule has 1 aliphatic heterocycles. The van der Waals surface area contributed by atoms with Crippen LogP contribution in [0.25, 0.3) is 16.7 Å². The largest absolute Gasteiger partial charge is 0.384 e. The highest BCUT2D eigenvalue weighted by molar-refractivity contribution is 5.88. The number of fused-ring (bicyclic) bond motifs is 4. The van der Waals surface area contributed by atoms with E-state index in [0.29, 0.717) is 0 Å². The predicted molar refractivity (Wildman–Crippen MR) is 115 cm³/mol. The fraction of sp³-hybridized carbons (Fsp3) is 0.200. The minimum absolute atomic E-state index is 0.911. The van der Waals surface area contributed by atoms with Gasteiger partial charge in [0.1, 0.15) is 0 Å². The third-order valence-corrected chi connectivity index (χ3v) is 4.69. The van der Waals surface area contributed by atoms with Gasteiger partial charge in [0.15, 0.2) is 0 Å². The maximum Gasteiger partial charge on any atom is 0.0382 e. The van der Waals surface area contributed by atoms with Crippen LogP contribution in [-0.4, -0.2) is 6.54 Å². The second kappa shape index (κ2) is 9.05. The summed E-state index contributed by atoms with van der Waals surface area (Å²) in [4.78, 5) is 0. The smallest absolute Gasteiger partial charge is 0.0382 e. The number of anilines is 1. The molecule has 0 unspecified atom stereocenters. The molecule has 132 valence electrons. The van der Waals surface area contributed by atoms with Crippen molar-refractivity contribution >= 4 is 11.3 Å². The van der Waals surface area contributed by atoms with Gasteiger partial charge in [0.2, 0.25) is 0 Å². The molecule has 3 rings (SSSR count). The second-order valence-corrected chi connectivity index (χ2v) is 6.42. The van der Waals surface area contributed by atoms with Crippen LogP contribution in [0.5, 0.6) is 0 Å². The lowest BCUT2D eigenvalue weighted by atomic mass is 9.89. The van der Waals surface area contributed by atoms with Crippen LogP contribution in [0.1, 0.15) is 30.9 Å². The molecule has 1 heterocycles. The van der Waals surface area contributed by atoms with Gasteiger partial charge in [0, 0.05) is 12.2 Å². The van der Waals surface area contributed by atoms with E-state index in [4.69, 9.17) is 0 Å². The predicted octanol–water partition coefficient (Wildman–Crippen LogP) is 6.80. The van der Waals surface area contributed by atoms with Crippen LogP contribution in [0, 0.1) is 0 Å². The van der Waals surface area contributed by atoms with Gasteiger partial charge in [-0.15, -0.1) is 0 Å². The van der Waals surface area contributed by atoms with Gasteiger partial charge in [-0.25, -0.2) is 0 Å². The molecule has 2 aromatic rings. The SMILES string of the molecule is C=C/C1=C\CCNc2cccc(c2C/C=C\C=C/CC)-c2ccccc21. The monoisotopic (exact) mass is 341 g/mol. The molecule has 0 saturated heterocycles. The summed E-state index contributed by atoms with van der Waals surface area (Å²) in [5.41, 5.74) is 7.63. The Hall–Kier alpha value is -2.80. The van der Waals surface area contributed by atoms with E-state index >= 15 is 0 Å². The van der Waals surface area contributed by atoms with Crippen LogP contribution in [-0.2, 0) is 6.42 Å². The minimum Gasteiger partial charge on any atom is -0.384 e. The minimum atomic E-state index is 0.911. The van der Waals surface area contributed by atoms with Crippen molar-refractivity contribution in [3.05, 3.63) is 96.6 Å². The molecule has 0 aliphatic carbocycles. The fourth-order valence-corrected chi connectivity index (χ4v) is 3.41. The number of rotatable bonds is 5. The average molecular weight is 341 g/mol. The first-order chi connectivity index (χ1) is 12.8. The van der Waals surface area contributed by atoms with Crippen molar-refractivity contribution in [1.82, 2.24) is 0 Å². The van der Waals surface area contributed by atoms with Gasteiger partial charge in [-0.3, -0.25) is 0 Å². The highest BCUT2D eigenvalue weighted by atomic mass is 14.9. The van der Waals surface area contributed by atoms with E-state index in [-0.39, 0.29) is 0 Å². The molecule has 1 N–H and O–H groups in total. The third kappa shape index (κ3) is 4.05. The Morgan fingerprint density at radius 3 is 2.54 bits per heavy atom. The molecule has 0 radical (unpaired) electrons. The summed E-state index contributed by atoms with van der Waals surface area (Å²) in [5, 5.41) is 3.62. The summed E-state index contributed by atoms with van der Waals surface area (Å²) in [6, 6.07) is 15.2. The first-order valence-electron chi connectivity index (χ1n) is 9.45. The van der Waals surface area contributed by atoms with Crippen LogP contribution in [0.2, 0.25) is 0 Å². The molecule has 1 aliphatic rings. The van der Waals surface area contributed by atoms with Gasteiger partial charge in [-0.2, -0.15) is 0 Å². The van der Waals surface area contributed by atoms with Gasteiger partial charge in [-0.1, -0.05) is 86.4 Å². The standard InChI is InChI=1S/C25H27N/c1-3-5-6-7-8-16-24-23-17-11-18-25(24)26-19-12-13-20(4-2)21-14-9-10-15-22(21)23/h4-11,13-15,17-18,26H,2-3,12,16,19H2,1H3/b6-5-,8-7-,20-13+. The van der Waals surface area contributed by atoms with Crippen LogP contribution < -0.4 is 5.32 Å². The Balaban J connectivity index is 2.11. The summed E-state index contributed by atoms with van der Waals surface area (Å²) in [5.74, 6) is 0. The molecule has 0 spiro atoms. The molecular formula is C25H27N. The highest BCUT2D eigenvalue weighted by Crippen LogP contribution is 2.36. The Bertz CT molecular complexity index is 852. The summed E-state index contributed by atoms with van der Waals surface area (Å²) in [6.07, 6.45) is 15.9. The van der Waals surface area contributed by atoms with E-state index in [1.165, 1.54) is 33.5 Å². The van der Waals surface area contributed by atoms with Crippen molar-refractivity contribution in [3.63, 3.8) is 0 Å². The van der Waals surface area contributed by atoms with Crippen molar-refractivity contribution < 1.29 is 0 Å². The average Bonchev–Trinajstić information content (AvgIpc) is 2.68. The molecular weight excluding hydrogens is 314 g/mol. The van der Waals surface area contributed by atoms with E-state index in [2.05, 4.69) is 91.7 Å². The zero-order valence-electron chi connectivity index (χ0n) is 15.5. The van der Waals surface area contributed by atoms with E-state index < -0.39 is 0 Å². The van der Waals surface area contributed by atoms with Crippen molar-refractivity contribution in [2.45, 2.75) is 26.2 Å². The van der Waals surface area contributed by atoms with Crippen LogP contribution in [0.15, 0.2) is 85.5 Å². The van der Waals surface area contributed by atoms with Gasteiger partial charge >= 0.3 is 0 Å². The highest BCUT2D eigenvalue weighted by Gasteiger charge is 2.14. The first-order valence-corrected chi connectivity index (χ1v) is 9.45.